The summed E-state index contributed by atoms with van der Waals surface area (Å²) in [5.74, 6) is -3.68. The number of rotatable bonds is 9. The van der Waals surface area contributed by atoms with Gasteiger partial charge in [-0.25, -0.2) is 22.0 Å². The highest BCUT2D eigenvalue weighted by molar-refractivity contribution is 5.88. The van der Waals surface area contributed by atoms with E-state index in [4.69, 9.17) is 4.74 Å². The van der Waals surface area contributed by atoms with Crippen LogP contribution in [0.5, 0.6) is 5.75 Å². The number of halogens is 5. The molecule has 0 saturated carbocycles. The lowest BCUT2D eigenvalue weighted by molar-refractivity contribution is 0.303. The maximum Gasteiger partial charge on any atom is 0.159 e. The zero-order valence-electron chi connectivity index (χ0n) is 19.3. The molecule has 4 aromatic rings. The molecule has 0 radical (unpaired) electrons. The Bertz CT molecular complexity index is 1330. The van der Waals surface area contributed by atoms with Crippen molar-refractivity contribution in [1.82, 2.24) is 0 Å². The van der Waals surface area contributed by atoms with E-state index in [1.54, 1.807) is 18.2 Å². The summed E-state index contributed by atoms with van der Waals surface area (Å²) in [4.78, 5) is 0. The first-order chi connectivity index (χ1) is 16.9. The third-order valence-corrected chi connectivity index (χ3v) is 6.02. The van der Waals surface area contributed by atoms with Gasteiger partial charge in [-0.2, -0.15) is 0 Å². The lowest BCUT2D eigenvalue weighted by Crippen LogP contribution is -2.00. The molecule has 0 bridgehead atoms. The van der Waals surface area contributed by atoms with Crippen molar-refractivity contribution in [3.8, 4) is 16.9 Å². The van der Waals surface area contributed by atoms with Crippen LogP contribution in [-0.4, -0.2) is 6.61 Å². The van der Waals surface area contributed by atoms with Gasteiger partial charge in [0.1, 0.15) is 23.2 Å². The molecule has 35 heavy (non-hydrogen) atoms. The largest absolute Gasteiger partial charge is 0.493 e. The van der Waals surface area contributed by atoms with Crippen LogP contribution >= 0.6 is 0 Å². The first kappa shape index (κ1) is 24.7. The SMILES string of the molecule is CCCCCOc1cc(F)c(-c2ccc3c(F)c(CCc4ccc(F)c(F)c4)ccc3c2)c(F)c1. The summed E-state index contributed by atoms with van der Waals surface area (Å²) in [7, 11) is 0. The highest BCUT2D eigenvalue weighted by atomic mass is 19.2. The molecule has 6 heteroatoms. The van der Waals surface area contributed by atoms with Crippen molar-refractivity contribution in [1.29, 1.82) is 0 Å². The molecule has 0 spiro atoms. The quantitative estimate of drug-likeness (QED) is 0.171. The van der Waals surface area contributed by atoms with E-state index < -0.39 is 29.1 Å². The molecule has 0 fully saturated rings. The van der Waals surface area contributed by atoms with Gasteiger partial charge < -0.3 is 4.74 Å². The van der Waals surface area contributed by atoms with Crippen LogP contribution in [0, 0.1) is 29.1 Å². The number of aryl methyl sites for hydroxylation is 2. The van der Waals surface area contributed by atoms with Crippen molar-refractivity contribution in [2.75, 3.05) is 6.61 Å². The molecular formula is C29H25F5O. The Morgan fingerprint density at radius 1 is 0.686 bits per heavy atom. The zero-order valence-corrected chi connectivity index (χ0v) is 19.3. The topological polar surface area (TPSA) is 9.23 Å². The Kier molecular flexibility index (Phi) is 7.69. The Morgan fingerprint density at radius 2 is 1.46 bits per heavy atom. The van der Waals surface area contributed by atoms with E-state index in [0.29, 0.717) is 40.5 Å². The molecule has 0 heterocycles. The molecule has 1 nitrogen and oxygen atoms in total. The summed E-state index contributed by atoms with van der Waals surface area (Å²) >= 11 is 0. The lowest BCUT2D eigenvalue weighted by Gasteiger charge is -2.12. The van der Waals surface area contributed by atoms with E-state index in [9.17, 15) is 17.6 Å². The Morgan fingerprint density at radius 3 is 2.17 bits per heavy atom. The van der Waals surface area contributed by atoms with Gasteiger partial charge in [-0.15, -0.1) is 0 Å². The molecule has 4 rings (SSSR count). The van der Waals surface area contributed by atoms with Crippen LogP contribution in [0.1, 0.15) is 37.3 Å². The van der Waals surface area contributed by atoms with Crippen molar-refractivity contribution >= 4 is 10.8 Å². The average Bonchev–Trinajstić information content (AvgIpc) is 2.83. The molecule has 0 aliphatic carbocycles. The molecule has 0 aromatic heterocycles. The molecule has 182 valence electrons. The van der Waals surface area contributed by atoms with Crippen molar-refractivity contribution in [3.05, 3.63) is 101 Å². The second-order valence-electron chi connectivity index (χ2n) is 8.54. The number of benzene rings is 4. The molecule has 0 saturated heterocycles. The van der Waals surface area contributed by atoms with Gasteiger partial charge in [-0.3, -0.25) is 0 Å². The minimum Gasteiger partial charge on any atom is -0.493 e. The third-order valence-electron chi connectivity index (χ3n) is 6.02. The van der Waals surface area contributed by atoms with Crippen LogP contribution in [0.15, 0.2) is 60.7 Å². The van der Waals surface area contributed by atoms with Crippen LogP contribution < -0.4 is 4.74 Å². The molecule has 0 aliphatic heterocycles. The standard InChI is InChI=1S/C29H25F5O/c1-2-3-4-13-35-22-16-26(32)28(27(33)17-22)21-10-11-23-20(15-21)9-8-19(29(23)34)7-5-18-6-12-24(30)25(31)14-18/h6,8-12,14-17H,2-5,7,13H2,1H3. The minimum atomic E-state index is -0.940. The monoisotopic (exact) mass is 484 g/mol. The van der Waals surface area contributed by atoms with E-state index in [1.165, 1.54) is 18.2 Å². The maximum absolute atomic E-state index is 15.1. The van der Waals surface area contributed by atoms with Gasteiger partial charge in [0.25, 0.3) is 0 Å². The smallest absolute Gasteiger partial charge is 0.159 e. The van der Waals surface area contributed by atoms with E-state index in [-0.39, 0.29) is 17.7 Å². The number of ether oxygens (including phenoxy) is 1. The second-order valence-corrected chi connectivity index (χ2v) is 8.54. The van der Waals surface area contributed by atoms with Gasteiger partial charge >= 0.3 is 0 Å². The first-order valence-electron chi connectivity index (χ1n) is 11.6. The lowest BCUT2D eigenvalue weighted by atomic mass is 9.96. The number of unbranched alkanes of at least 4 members (excludes halogenated alkanes) is 2. The van der Waals surface area contributed by atoms with Gasteiger partial charge in [0.15, 0.2) is 11.6 Å². The number of hydrogen-bond acceptors (Lipinski definition) is 1. The molecular weight excluding hydrogens is 459 g/mol. The fourth-order valence-electron chi connectivity index (χ4n) is 4.11. The summed E-state index contributed by atoms with van der Waals surface area (Å²) in [6.45, 7) is 2.44. The van der Waals surface area contributed by atoms with Gasteiger partial charge in [-0.1, -0.05) is 50.1 Å². The molecule has 0 unspecified atom stereocenters. The van der Waals surface area contributed by atoms with Crippen LogP contribution in [0.3, 0.4) is 0 Å². The molecule has 0 atom stereocenters. The van der Waals surface area contributed by atoms with Crippen LogP contribution in [0.25, 0.3) is 21.9 Å². The molecule has 0 aliphatic rings. The average molecular weight is 485 g/mol. The summed E-state index contributed by atoms with van der Waals surface area (Å²) < 4.78 is 76.7. The minimum absolute atomic E-state index is 0.136. The predicted molar refractivity (Wildman–Crippen MR) is 128 cm³/mol. The summed E-state index contributed by atoms with van der Waals surface area (Å²) in [5, 5.41) is 0.809. The maximum atomic E-state index is 15.1. The summed E-state index contributed by atoms with van der Waals surface area (Å²) in [5.41, 5.74) is 1.06. The van der Waals surface area contributed by atoms with Crippen LogP contribution in [-0.2, 0) is 12.8 Å². The van der Waals surface area contributed by atoms with Crippen LogP contribution in [0.2, 0.25) is 0 Å². The highest BCUT2D eigenvalue weighted by Crippen LogP contribution is 2.33. The van der Waals surface area contributed by atoms with Crippen molar-refractivity contribution in [3.63, 3.8) is 0 Å². The zero-order chi connectivity index (χ0) is 24.9. The highest BCUT2D eigenvalue weighted by Gasteiger charge is 2.16. The van der Waals surface area contributed by atoms with E-state index >= 15 is 4.39 Å². The van der Waals surface area contributed by atoms with E-state index in [0.717, 1.165) is 43.5 Å². The van der Waals surface area contributed by atoms with Crippen molar-refractivity contribution < 1.29 is 26.7 Å². The van der Waals surface area contributed by atoms with Gasteiger partial charge in [-0.05, 0) is 59.5 Å². The first-order valence-corrected chi connectivity index (χ1v) is 11.6. The Hall–Kier alpha value is -3.41. The number of fused-ring (bicyclic) bond motifs is 1. The van der Waals surface area contributed by atoms with Crippen molar-refractivity contribution in [2.45, 2.75) is 39.0 Å². The molecule has 0 N–H and O–H groups in total. The van der Waals surface area contributed by atoms with E-state index in [2.05, 4.69) is 6.92 Å². The van der Waals surface area contributed by atoms with Gasteiger partial charge in [0.05, 0.1) is 12.2 Å². The molecule has 0 amide bonds. The normalized spacial score (nSPS) is 11.3. The predicted octanol–water partition coefficient (Wildman–Crippen LogP) is 8.56. The summed E-state index contributed by atoms with van der Waals surface area (Å²) in [6, 6.07) is 13.7. The second kappa shape index (κ2) is 10.9. The van der Waals surface area contributed by atoms with Crippen LogP contribution in [0.4, 0.5) is 22.0 Å². The van der Waals surface area contributed by atoms with Gasteiger partial charge in [0, 0.05) is 17.5 Å². The number of hydrogen-bond donors (Lipinski definition) is 0. The third kappa shape index (κ3) is 5.64. The fourth-order valence-corrected chi connectivity index (χ4v) is 4.11. The fraction of sp³-hybridized carbons (Fsp3) is 0.241. The Labute approximate surface area is 201 Å². The molecule has 4 aromatic carbocycles. The Balaban J connectivity index is 1.55. The summed E-state index contributed by atoms with van der Waals surface area (Å²) in [6.07, 6.45) is 3.42. The van der Waals surface area contributed by atoms with Crippen molar-refractivity contribution in [2.24, 2.45) is 0 Å². The van der Waals surface area contributed by atoms with E-state index in [1.807, 2.05) is 0 Å². The van der Waals surface area contributed by atoms with Gasteiger partial charge in [0.2, 0.25) is 0 Å².